The van der Waals surface area contributed by atoms with Crippen molar-refractivity contribution in [3.05, 3.63) is 46.5 Å². The topological polar surface area (TPSA) is 161 Å². The molecule has 2 amide bonds. The van der Waals surface area contributed by atoms with Gasteiger partial charge in [-0.2, -0.15) is 9.61 Å². The second kappa shape index (κ2) is 11.3. The number of rotatable bonds is 5. The van der Waals surface area contributed by atoms with Crippen LogP contribution in [0.25, 0.3) is 5.65 Å². The number of carboxylic acids is 1. The first-order chi connectivity index (χ1) is 19.5. The van der Waals surface area contributed by atoms with E-state index in [1.165, 1.54) is 22.5 Å². The van der Waals surface area contributed by atoms with Crippen LogP contribution < -0.4 is 15.8 Å². The lowest BCUT2D eigenvalue weighted by atomic mass is 10.0. The maximum atomic E-state index is 13.5. The Bertz CT molecular complexity index is 1560. The summed E-state index contributed by atoms with van der Waals surface area (Å²) in [6.07, 6.45) is 2.90. The standard InChI is InChI=1S/C28H37N7O7/c1-27(2,3)41-25(39)32(7)21-15-20(31-22-18(24(37)38)16-29-35(21)22)30-19-9-8-12-34(23(19)36)17-10-13-33(14-11-17)26(40)42-28(4,5)6/h8-9,12,15-17H,10-11,13-14H2,1-7H3,(H,30,31)(H,37,38). The molecule has 2 N–H and O–H groups in total. The van der Waals surface area contributed by atoms with Gasteiger partial charge in [-0.15, -0.1) is 0 Å². The van der Waals surface area contributed by atoms with Crippen molar-refractivity contribution in [2.24, 2.45) is 0 Å². The molecule has 1 aliphatic heterocycles. The van der Waals surface area contributed by atoms with Gasteiger partial charge in [-0.3, -0.25) is 9.69 Å². The summed E-state index contributed by atoms with van der Waals surface area (Å²) in [5, 5.41) is 16.8. The van der Waals surface area contributed by atoms with Crippen LogP contribution in [0, 0.1) is 0 Å². The Kier molecular flexibility index (Phi) is 8.19. The summed E-state index contributed by atoms with van der Waals surface area (Å²) in [6.45, 7) is 11.5. The quantitative estimate of drug-likeness (QED) is 0.444. The molecule has 226 valence electrons. The molecule has 1 aliphatic rings. The predicted molar refractivity (Wildman–Crippen MR) is 155 cm³/mol. The van der Waals surface area contributed by atoms with Crippen LogP contribution in [0.15, 0.2) is 35.4 Å². The highest BCUT2D eigenvalue weighted by molar-refractivity contribution is 5.95. The molecule has 0 spiro atoms. The second-order valence-electron chi connectivity index (χ2n) is 12.1. The zero-order valence-electron chi connectivity index (χ0n) is 24.9. The number of aromatic nitrogens is 4. The number of piperidine rings is 1. The summed E-state index contributed by atoms with van der Waals surface area (Å²) in [5.41, 5.74) is -1.68. The number of hydrogen-bond acceptors (Lipinski definition) is 9. The van der Waals surface area contributed by atoms with E-state index < -0.39 is 23.3 Å². The average Bonchev–Trinajstić information content (AvgIpc) is 3.31. The van der Waals surface area contributed by atoms with Gasteiger partial charge >= 0.3 is 18.2 Å². The molecule has 0 atom stereocenters. The van der Waals surface area contributed by atoms with Crippen molar-refractivity contribution in [2.45, 2.75) is 71.6 Å². The molecule has 42 heavy (non-hydrogen) atoms. The minimum absolute atomic E-state index is 0.0244. The minimum Gasteiger partial charge on any atom is -0.477 e. The number of carboxylic acid groups (broad SMARTS) is 1. The van der Waals surface area contributed by atoms with Crippen molar-refractivity contribution in [2.75, 3.05) is 30.4 Å². The van der Waals surface area contributed by atoms with Crippen molar-refractivity contribution in [1.82, 2.24) is 24.1 Å². The maximum absolute atomic E-state index is 13.5. The van der Waals surface area contributed by atoms with Crippen molar-refractivity contribution in [3.63, 3.8) is 0 Å². The highest BCUT2D eigenvalue weighted by Gasteiger charge is 2.29. The Morgan fingerprint density at radius 3 is 2.31 bits per heavy atom. The van der Waals surface area contributed by atoms with Gasteiger partial charge in [0.25, 0.3) is 5.56 Å². The maximum Gasteiger partial charge on any atom is 0.415 e. The average molecular weight is 584 g/mol. The summed E-state index contributed by atoms with van der Waals surface area (Å²) < 4.78 is 13.8. The Labute approximate surface area is 242 Å². The van der Waals surface area contributed by atoms with Crippen molar-refractivity contribution < 1.29 is 29.0 Å². The molecular formula is C28H37N7O7. The van der Waals surface area contributed by atoms with Crippen LogP contribution in [-0.4, -0.2) is 78.7 Å². The van der Waals surface area contributed by atoms with Crippen molar-refractivity contribution in [1.29, 1.82) is 0 Å². The van der Waals surface area contributed by atoms with Gasteiger partial charge in [0.2, 0.25) is 0 Å². The number of nitrogens with one attached hydrogen (secondary N) is 1. The molecule has 3 aromatic heterocycles. The molecule has 0 unspecified atom stereocenters. The fourth-order valence-electron chi connectivity index (χ4n) is 4.51. The number of fused-ring (bicyclic) bond motifs is 1. The number of pyridine rings is 1. The third-order valence-corrected chi connectivity index (χ3v) is 6.44. The Morgan fingerprint density at radius 2 is 1.71 bits per heavy atom. The molecule has 0 radical (unpaired) electrons. The molecule has 4 heterocycles. The highest BCUT2D eigenvalue weighted by Crippen LogP contribution is 2.26. The van der Waals surface area contributed by atoms with Gasteiger partial charge in [0.05, 0.1) is 6.20 Å². The van der Waals surface area contributed by atoms with Gasteiger partial charge in [0, 0.05) is 38.4 Å². The van der Waals surface area contributed by atoms with E-state index in [4.69, 9.17) is 9.47 Å². The van der Waals surface area contributed by atoms with Gasteiger partial charge < -0.3 is 29.4 Å². The van der Waals surface area contributed by atoms with Crippen LogP contribution in [0.3, 0.4) is 0 Å². The van der Waals surface area contributed by atoms with E-state index in [2.05, 4.69) is 15.4 Å². The summed E-state index contributed by atoms with van der Waals surface area (Å²) in [4.78, 5) is 57.9. The molecule has 3 aromatic rings. The van der Waals surface area contributed by atoms with Crippen molar-refractivity contribution >= 4 is 41.1 Å². The first-order valence-corrected chi connectivity index (χ1v) is 13.6. The number of ether oxygens (including phenoxy) is 2. The number of hydrogen-bond donors (Lipinski definition) is 2. The van der Waals surface area contributed by atoms with Gasteiger partial charge in [-0.25, -0.2) is 19.4 Å². The molecule has 0 aliphatic carbocycles. The van der Waals surface area contributed by atoms with Gasteiger partial charge in [-0.05, 0) is 66.5 Å². The summed E-state index contributed by atoms with van der Waals surface area (Å²) >= 11 is 0. The molecule has 0 bridgehead atoms. The number of aromatic carboxylic acids is 1. The lowest BCUT2D eigenvalue weighted by Crippen LogP contribution is -2.43. The Hall–Kier alpha value is -4.62. The highest BCUT2D eigenvalue weighted by atomic mass is 16.6. The van der Waals surface area contributed by atoms with E-state index in [-0.39, 0.29) is 46.2 Å². The zero-order chi connectivity index (χ0) is 31.0. The predicted octanol–water partition coefficient (Wildman–Crippen LogP) is 4.28. The van der Waals surface area contributed by atoms with Crippen LogP contribution in [0.5, 0.6) is 0 Å². The number of nitrogens with zero attached hydrogens (tertiary/aromatic N) is 6. The summed E-state index contributed by atoms with van der Waals surface area (Å²) in [7, 11) is 1.47. The van der Waals surface area contributed by atoms with Crippen LogP contribution in [0.4, 0.5) is 26.9 Å². The third kappa shape index (κ3) is 6.81. The van der Waals surface area contributed by atoms with Crippen LogP contribution in [0.2, 0.25) is 0 Å². The monoisotopic (exact) mass is 583 g/mol. The molecule has 1 saturated heterocycles. The normalized spacial score (nSPS) is 14.5. The summed E-state index contributed by atoms with van der Waals surface area (Å²) in [5.74, 6) is -0.944. The second-order valence-corrected chi connectivity index (χ2v) is 12.1. The third-order valence-electron chi connectivity index (χ3n) is 6.44. The molecule has 4 rings (SSSR count). The number of carbonyl (C=O) groups is 3. The lowest BCUT2D eigenvalue weighted by Gasteiger charge is -2.34. The van der Waals surface area contributed by atoms with E-state index in [0.29, 0.717) is 25.9 Å². The number of likely N-dealkylation sites (tertiary alicyclic amines) is 1. The fraction of sp³-hybridized carbons (Fsp3) is 0.500. The number of amides is 2. The fourth-order valence-corrected chi connectivity index (χ4v) is 4.51. The van der Waals surface area contributed by atoms with Gasteiger partial charge in [-0.1, -0.05) is 0 Å². The van der Waals surface area contributed by atoms with Crippen LogP contribution in [0.1, 0.15) is 70.8 Å². The van der Waals surface area contributed by atoms with Crippen LogP contribution >= 0.6 is 0 Å². The SMILES string of the molecule is CN(C(=O)OC(C)(C)C)c1cc(Nc2cccn(C3CCN(C(=O)OC(C)(C)C)CC3)c2=O)nc2c(C(=O)O)cnn12. The molecule has 0 saturated carbocycles. The van der Waals surface area contributed by atoms with E-state index >= 15 is 0 Å². The lowest BCUT2D eigenvalue weighted by molar-refractivity contribution is 0.0187. The van der Waals surface area contributed by atoms with E-state index in [0.717, 1.165) is 6.20 Å². The van der Waals surface area contributed by atoms with E-state index in [9.17, 15) is 24.3 Å². The van der Waals surface area contributed by atoms with E-state index in [1.807, 2.05) is 20.8 Å². The van der Waals surface area contributed by atoms with E-state index in [1.54, 1.807) is 48.6 Å². The molecule has 1 fully saturated rings. The molecule has 0 aromatic carbocycles. The number of carbonyl (C=O) groups excluding carboxylic acids is 2. The Balaban J connectivity index is 1.62. The molecule has 14 nitrogen and oxygen atoms in total. The first kappa shape index (κ1) is 30.3. The minimum atomic E-state index is -1.25. The molecule has 14 heteroatoms. The largest absolute Gasteiger partial charge is 0.477 e. The first-order valence-electron chi connectivity index (χ1n) is 13.6. The zero-order valence-corrected chi connectivity index (χ0v) is 24.9. The van der Waals surface area contributed by atoms with Crippen molar-refractivity contribution in [3.8, 4) is 0 Å². The van der Waals surface area contributed by atoms with Gasteiger partial charge in [0.1, 0.15) is 34.1 Å². The Morgan fingerprint density at radius 1 is 1.07 bits per heavy atom. The number of anilines is 3. The smallest absolute Gasteiger partial charge is 0.415 e. The van der Waals surface area contributed by atoms with Gasteiger partial charge in [0.15, 0.2) is 5.65 Å². The molecular weight excluding hydrogens is 546 g/mol. The van der Waals surface area contributed by atoms with Crippen LogP contribution in [-0.2, 0) is 9.47 Å². The summed E-state index contributed by atoms with van der Waals surface area (Å²) in [6, 6.07) is 4.64.